The summed E-state index contributed by atoms with van der Waals surface area (Å²) in [5, 5.41) is 8.81. The SMILES string of the molecule is CCCCCCCn1nc(NC(=O)c2cccnc2)c2cc(Cl)c(-c3cc[c]cc3)nc21. The fraction of sp³-hybridized carbons (Fsp3) is 0.280. The van der Waals surface area contributed by atoms with Gasteiger partial charge in [0.05, 0.1) is 21.7 Å². The number of benzene rings is 1. The van der Waals surface area contributed by atoms with Crippen LogP contribution in [0.3, 0.4) is 0 Å². The summed E-state index contributed by atoms with van der Waals surface area (Å²) in [5.74, 6) is 0.177. The van der Waals surface area contributed by atoms with Gasteiger partial charge in [-0.25, -0.2) is 9.67 Å². The third kappa shape index (κ3) is 4.97. The monoisotopic (exact) mass is 446 g/mol. The lowest BCUT2D eigenvalue weighted by atomic mass is 10.1. The lowest BCUT2D eigenvalue weighted by molar-refractivity contribution is 0.102. The first kappa shape index (κ1) is 22.0. The molecule has 1 aromatic carbocycles. The molecule has 0 saturated heterocycles. The predicted octanol–water partition coefficient (Wildman–Crippen LogP) is 6.17. The second-order valence-electron chi connectivity index (χ2n) is 7.66. The van der Waals surface area contributed by atoms with Gasteiger partial charge in [0.1, 0.15) is 0 Å². The molecule has 0 aliphatic rings. The van der Waals surface area contributed by atoms with Crippen molar-refractivity contribution in [2.45, 2.75) is 45.6 Å². The number of hydrogen-bond donors (Lipinski definition) is 1. The highest BCUT2D eigenvalue weighted by Gasteiger charge is 2.18. The normalized spacial score (nSPS) is 11.1. The number of fused-ring (bicyclic) bond motifs is 1. The van der Waals surface area contributed by atoms with E-state index in [2.05, 4.69) is 28.4 Å². The van der Waals surface area contributed by atoms with E-state index in [1.165, 1.54) is 25.5 Å². The molecule has 0 bridgehead atoms. The van der Waals surface area contributed by atoms with Crippen LogP contribution in [0.2, 0.25) is 5.02 Å². The van der Waals surface area contributed by atoms with Crippen molar-refractivity contribution in [3.05, 3.63) is 71.5 Å². The molecule has 7 heteroatoms. The zero-order valence-electron chi connectivity index (χ0n) is 18.0. The molecule has 0 aliphatic carbocycles. The minimum Gasteiger partial charge on any atom is -0.304 e. The Kier molecular flexibility index (Phi) is 7.12. The van der Waals surface area contributed by atoms with Gasteiger partial charge in [0.15, 0.2) is 11.5 Å². The number of anilines is 1. The summed E-state index contributed by atoms with van der Waals surface area (Å²) in [7, 11) is 0. The highest BCUT2D eigenvalue weighted by Crippen LogP contribution is 2.32. The van der Waals surface area contributed by atoms with Crippen molar-refractivity contribution >= 4 is 34.4 Å². The number of aromatic nitrogens is 4. The van der Waals surface area contributed by atoms with Gasteiger partial charge in [0.25, 0.3) is 5.91 Å². The molecule has 6 nitrogen and oxygen atoms in total. The van der Waals surface area contributed by atoms with Crippen LogP contribution >= 0.6 is 11.6 Å². The van der Waals surface area contributed by atoms with Crippen LogP contribution in [0.5, 0.6) is 0 Å². The van der Waals surface area contributed by atoms with E-state index in [0.717, 1.165) is 24.9 Å². The van der Waals surface area contributed by atoms with Gasteiger partial charge in [0, 0.05) is 24.5 Å². The van der Waals surface area contributed by atoms with Crippen molar-refractivity contribution in [2.24, 2.45) is 0 Å². The Morgan fingerprint density at radius 1 is 1.16 bits per heavy atom. The van der Waals surface area contributed by atoms with Crippen molar-refractivity contribution in [3.8, 4) is 11.3 Å². The summed E-state index contributed by atoms with van der Waals surface area (Å²) in [6.45, 7) is 2.92. The van der Waals surface area contributed by atoms with Gasteiger partial charge in [-0.05, 0) is 30.7 Å². The van der Waals surface area contributed by atoms with Crippen LogP contribution in [0.1, 0.15) is 49.4 Å². The molecule has 1 amide bonds. The lowest BCUT2D eigenvalue weighted by Gasteiger charge is -2.07. The number of rotatable bonds is 9. The molecule has 0 unspecified atom stereocenters. The van der Waals surface area contributed by atoms with Crippen molar-refractivity contribution in [2.75, 3.05) is 5.32 Å². The zero-order valence-corrected chi connectivity index (χ0v) is 18.8. The van der Waals surface area contributed by atoms with Crippen LogP contribution in [0.4, 0.5) is 5.82 Å². The van der Waals surface area contributed by atoms with E-state index >= 15 is 0 Å². The summed E-state index contributed by atoms with van der Waals surface area (Å²) in [6, 6.07) is 15.8. The molecule has 0 spiro atoms. The first-order chi connectivity index (χ1) is 15.7. The molecule has 3 aromatic heterocycles. The van der Waals surface area contributed by atoms with Crippen molar-refractivity contribution in [1.29, 1.82) is 0 Å². The number of amides is 1. The van der Waals surface area contributed by atoms with Gasteiger partial charge in [-0.1, -0.05) is 68.5 Å². The maximum Gasteiger partial charge on any atom is 0.258 e. The van der Waals surface area contributed by atoms with Crippen molar-refractivity contribution in [3.63, 3.8) is 0 Å². The number of carbonyl (C=O) groups excluding carboxylic acids is 1. The molecular formula is C25H25ClN5O. The predicted molar refractivity (Wildman–Crippen MR) is 128 cm³/mol. The minimum atomic E-state index is -0.272. The summed E-state index contributed by atoms with van der Waals surface area (Å²) in [6.07, 6.45) is 8.91. The molecule has 4 rings (SSSR count). The number of carbonyl (C=O) groups is 1. The van der Waals surface area contributed by atoms with Crippen LogP contribution in [0.25, 0.3) is 22.3 Å². The molecule has 0 fully saturated rings. The standard InChI is InChI=1S/C25H25ClN5O/c1-2-3-4-5-9-15-31-24-20(16-21(26)22(28-24)18-11-7-6-8-12-18)23(30-31)29-25(32)19-13-10-14-27-17-19/h7-8,10-14,16-17H,2-5,9,15H2,1H3,(H,29,30,32). The Balaban J connectivity index is 1.69. The summed E-state index contributed by atoms with van der Waals surface area (Å²) >= 11 is 6.60. The fourth-order valence-electron chi connectivity index (χ4n) is 3.61. The maximum atomic E-state index is 12.7. The topological polar surface area (TPSA) is 72.7 Å². The Bertz CT molecular complexity index is 1190. The number of hydrogen-bond acceptors (Lipinski definition) is 4. The number of unbranched alkanes of at least 4 members (excludes halogenated alkanes) is 4. The van der Waals surface area contributed by atoms with Gasteiger partial charge < -0.3 is 5.32 Å². The Hall–Kier alpha value is -3.25. The average molecular weight is 447 g/mol. The van der Waals surface area contributed by atoms with Gasteiger partial charge in [0.2, 0.25) is 0 Å². The number of nitrogens with zero attached hydrogens (tertiary/aromatic N) is 4. The quantitative estimate of drug-likeness (QED) is 0.312. The average Bonchev–Trinajstić information content (AvgIpc) is 3.15. The Morgan fingerprint density at radius 2 is 1.97 bits per heavy atom. The van der Waals surface area contributed by atoms with Crippen LogP contribution in [0.15, 0.2) is 54.9 Å². The first-order valence-electron chi connectivity index (χ1n) is 10.9. The maximum absolute atomic E-state index is 12.7. The third-order valence-corrected chi connectivity index (χ3v) is 5.59. The molecule has 32 heavy (non-hydrogen) atoms. The highest BCUT2D eigenvalue weighted by atomic mass is 35.5. The largest absolute Gasteiger partial charge is 0.304 e. The summed E-state index contributed by atoms with van der Waals surface area (Å²) in [5.41, 5.74) is 2.76. The molecule has 3 heterocycles. The fourth-order valence-corrected chi connectivity index (χ4v) is 3.87. The lowest BCUT2D eigenvalue weighted by Crippen LogP contribution is -2.13. The van der Waals surface area contributed by atoms with Crippen LogP contribution in [0, 0.1) is 6.07 Å². The number of nitrogens with one attached hydrogen (secondary N) is 1. The second-order valence-corrected chi connectivity index (χ2v) is 8.07. The van der Waals surface area contributed by atoms with E-state index in [1.54, 1.807) is 18.3 Å². The van der Waals surface area contributed by atoms with Crippen LogP contribution in [-0.2, 0) is 6.54 Å². The summed E-state index contributed by atoms with van der Waals surface area (Å²) < 4.78 is 1.87. The number of aryl methyl sites for hydroxylation is 1. The van der Waals surface area contributed by atoms with Gasteiger partial charge >= 0.3 is 0 Å². The smallest absolute Gasteiger partial charge is 0.258 e. The molecule has 1 radical (unpaired) electrons. The molecule has 0 aliphatic heterocycles. The van der Waals surface area contributed by atoms with Crippen LogP contribution < -0.4 is 5.32 Å². The minimum absolute atomic E-state index is 0.272. The third-order valence-electron chi connectivity index (χ3n) is 5.30. The highest BCUT2D eigenvalue weighted by molar-refractivity contribution is 6.34. The second kappa shape index (κ2) is 10.4. The van der Waals surface area contributed by atoms with Crippen molar-refractivity contribution < 1.29 is 4.79 Å². The Labute approximate surface area is 192 Å². The molecular weight excluding hydrogens is 422 g/mol. The van der Waals surface area contributed by atoms with E-state index in [9.17, 15) is 4.79 Å². The van der Waals surface area contributed by atoms with Gasteiger partial charge in [-0.15, -0.1) is 0 Å². The van der Waals surface area contributed by atoms with Crippen LogP contribution in [-0.4, -0.2) is 25.7 Å². The number of halogens is 1. The first-order valence-corrected chi connectivity index (χ1v) is 11.3. The van der Waals surface area contributed by atoms with E-state index in [-0.39, 0.29) is 5.91 Å². The molecule has 0 atom stereocenters. The van der Waals surface area contributed by atoms with Gasteiger partial charge in [-0.2, -0.15) is 5.10 Å². The molecule has 0 saturated carbocycles. The van der Waals surface area contributed by atoms with E-state index < -0.39 is 0 Å². The molecule has 163 valence electrons. The van der Waals surface area contributed by atoms with Crippen molar-refractivity contribution in [1.82, 2.24) is 19.7 Å². The molecule has 1 N–H and O–H groups in total. The van der Waals surface area contributed by atoms with E-state index in [0.29, 0.717) is 33.1 Å². The van der Waals surface area contributed by atoms with E-state index in [1.807, 2.05) is 35.0 Å². The van der Waals surface area contributed by atoms with Gasteiger partial charge in [-0.3, -0.25) is 9.78 Å². The summed E-state index contributed by atoms with van der Waals surface area (Å²) in [4.78, 5) is 21.6. The Morgan fingerprint density at radius 3 is 2.72 bits per heavy atom. The number of pyridine rings is 2. The zero-order chi connectivity index (χ0) is 22.3. The molecule has 4 aromatic rings. The van der Waals surface area contributed by atoms with E-state index in [4.69, 9.17) is 16.6 Å².